The molecule has 0 aliphatic carbocycles. The fourth-order valence-corrected chi connectivity index (χ4v) is 1.32. The van der Waals surface area contributed by atoms with Gasteiger partial charge in [-0.25, -0.2) is 0 Å². The first-order valence-corrected chi connectivity index (χ1v) is 5.09. The standard InChI is InChI=1S/C7H14N2O3S.ClH/c1-9(3-6(10)11)7(12)5(8)4-13-2;/h5H,3-4,8H2,1-2H3,(H,10,11);1H. The third kappa shape index (κ3) is 6.06. The highest BCUT2D eigenvalue weighted by Crippen LogP contribution is 1.98. The molecule has 0 rings (SSSR count). The maximum atomic E-state index is 11.3. The Morgan fingerprint density at radius 1 is 1.57 bits per heavy atom. The first-order chi connectivity index (χ1) is 5.99. The minimum absolute atomic E-state index is 0. The van der Waals surface area contributed by atoms with Crippen LogP contribution < -0.4 is 5.73 Å². The summed E-state index contributed by atoms with van der Waals surface area (Å²) in [6, 6.07) is -0.612. The largest absolute Gasteiger partial charge is 0.480 e. The highest BCUT2D eigenvalue weighted by molar-refractivity contribution is 7.98. The number of carbonyl (C=O) groups is 2. The Morgan fingerprint density at radius 3 is 2.43 bits per heavy atom. The van der Waals surface area contributed by atoms with Crippen LogP contribution in [0.4, 0.5) is 0 Å². The van der Waals surface area contributed by atoms with Crippen molar-refractivity contribution >= 4 is 36.0 Å². The second kappa shape index (κ2) is 7.90. The van der Waals surface area contributed by atoms with Gasteiger partial charge in [-0.2, -0.15) is 11.8 Å². The van der Waals surface area contributed by atoms with Crippen molar-refractivity contribution in [1.82, 2.24) is 4.90 Å². The maximum Gasteiger partial charge on any atom is 0.323 e. The van der Waals surface area contributed by atoms with E-state index in [-0.39, 0.29) is 24.9 Å². The summed E-state index contributed by atoms with van der Waals surface area (Å²) in [6.07, 6.45) is 1.84. The summed E-state index contributed by atoms with van der Waals surface area (Å²) in [5.74, 6) is -0.869. The number of carbonyl (C=O) groups excluding carboxylic acids is 1. The molecule has 0 saturated carbocycles. The van der Waals surface area contributed by atoms with Gasteiger partial charge in [-0.05, 0) is 6.26 Å². The van der Waals surface area contributed by atoms with E-state index in [2.05, 4.69) is 0 Å². The zero-order chi connectivity index (χ0) is 10.4. The molecule has 3 N–H and O–H groups in total. The number of aliphatic carboxylic acids is 1. The van der Waals surface area contributed by atoms with Crippen molar-refractivity contribution in [1.29, 1.82) is 0 Å². The SMILES string of the molecule is CSCC(N)C(=O)N(C)CC(=O)O.Cl. The van der Waals surface area contributed by atoms with Crippen molar-refractivity contribution in [2.75, 3.05) is 25.6 Å². The second-order valence-electron chi connectivity index (χ2n) is 2.65. The topological polar surface area (TPSA) is 83.6 Å². The van der Waals surface area contributed by atoms with E-state index in [1.54, 1.807) is 0 Å². The Morgan fingerprint density at radius 2 is 2.07 bits per heavy atom. The van der Waals surface area contributed by atoms with Gasteiger partial charge in [-0.15, -0.1) is 12.4 Å². The Hall–Kier alpha value is -0.460. The molecule has 1 amide bonds. The highest BCUT2D eigenvalue weighted by atomic mass is 35.5. The Balaban J connectivity index is 0. The molecule has 1 atom stereocenters. The second-order valence-corrected chi connectivity index (χ2v) is 3.56. The molecule has 5 nitrogen and oxygen atoms in total. The summed E-state index contributed by atoms with van der Waals surface area (Å²) in [5.41, 5.74) is 5.50. The molecule has 0 heterocycles. The molecule has 1 unspecified atom stereocenters. The molecule has 0 aromatic rings. The Labute approximate surface area is 93.4 Å². The number of carboxylic acid groups (broad SMARTS) is 1. The maximum absolute atomic E-state index is 11.3. The van der Waals surface area contributed by atoms with Crippen molar-refractivity contribution < 1.29 is 14.7 Å². The van der Waals surface area contributed by atoms with E-state index >= 15 is 0 Å². The van der Waals surface area contributed by atoms with E-state index in [0.717, 1.165) is 4.90 Å². The molecule has 0 bridgehead atoms. The van der Waals surface area contributed by atoms with Crippen molar-refractivity contribution in [2.45, 2.75) is 6.04 Å². The number of nitrogens with two attached hydrogens (primary N) is 1. The van der Waals surface area contributed by atoms with Crippen LogP contribution in [0.3, 0.4) is 0 Å². The van der Waals surface area contributed by atoms with Gasteiger partial charge in [0, 0.05) is 12.8 Å². The monoisotopic (exact) mass is 242 g/mol. The molecule has 14 heavy (non-hydrogen) atoms. The third-order valence-electron chi connectivity index (χ3n) is 1.41. The van der Waals surface area contributed by atoms with Gasteiger partial charge in [0.2, 0.25) is 5.91 Å². The number of thioether (sulfide) groups is 1. The number of rotatable bonds is 5. The molecule has 0 saturated heterocycles. The van der Waals surface area contributed by atoms with Crippen molar-refractivity contribution in [2.24, 2.45) is 5.73 Å². The van der Waals surface area contributed by atoms with E-state index in [4.69, 9.17) is 10.8 Å². The number of nitrogens with zero attached hydrogens (tertiary/aromatic N) is 1. The first-order valence-electron chi connectivity index (χ1n) is 3.70. The molecule has 0 aromatic heterocycles. The summed E-state index contributed by atoms with van der Waals surface area (Å²) >= 11 is 1.45. The lowest BCUT2D eigenvalue weighted by atomic mass is 10.3. The van der Waals surface area contributed by atoms with Crippen LogP contribution in [-0.2, 0) is 9.59 Å². The summed E-state index contributed by atoms with van der Waals surface area (Å²) in [4.78, 5) is 22.7. The van der Waals surface area contributed by atoms with Crippen LogP contribution in [0.5, 0.6) is 0 Å². The fraction of sp³-hybridized carbons (Fsp3) is 0.714. The summed E-state index contributed by atoms with van der Waals surface area (Å²) in [7, 11) is 1.43. The normalized spacial score (nSPS) is 11.4. The summed E-state index contributed by atoms with van der Waals surface area (Å²) in [6.45, 7) is -0.305. The fourth-order valence-electron chi connectivity index (χ4n) is 0.815. The van der Waals surface area contributed by atoms with Crippen molar-refractivity contribution in [3.8, 4) is 0 Å². The molecule has 7 heteroatoms. The Kier molecular flexibility index (Phi) is 9.02. The van der Waals surface area contributed by atoms with Gasteiger partial charge in [0.25, 0.3) is 0 Å². The third-order valence-corrected chi connectivity index (χ3v) is 2.10. The number of likely N-dealkylation sites (N-methyl/N-ethyl adjacent to an activating group) is 1. The molecule has 84 valence electrons. The van der Waals surface area contributed by atoms with Crippen LogP contribution in [0.15, 0.2) is 0 Å². The average molecular weight is 243 g/mol. The predicted octanol–water partition coefficient (Wildman–Crippen LogP) is -0.358. The smallest absolute Gasteiger partial charge is 0.323 e. The lowest BCUT2D eigenvalue weighted by Crippen LogP contribution is -2.45. The zero-order valence-corrected chi connectivity index (χ0v) is 9.73. The van der Waals surface area contributed by atoms with Gasteiger partial charge in [-0.1, -0.05) is 0 Å². The molecule has 0 aliphatic rings. The van der Waals surface area contributed by atoms with Gasteiger partial charge >= 0.3 is 5.97 Å². The van der Waals surface area contributed by atoms with E-state index in [1.807, 2.05) is 6.26 Å². The number of hydrogen-bond acceptors (Lipinski definition) is 4. The molecule has 0 aliphatic heterocycles. The molecular formula is C7H15ClN2O3S. The van der Waals surface area contributed by atoms with Gasteiger partial charge in [0.1, 0.15) is 6.54 Å². The van der Waals surface area contributed by atoms with E-state index in [9.17, 15) is 9.59 Å². The number of hydrogen-bond donors (Lipinski definition) is 2. The van der Waals surface area contributed by atoms with Crippen molar-refractivity contribution in [3.05, 3.63) is 0 Å². The molecule has 0 radical (unpaired) electrons. The van der Waals surface area contributed by atoms with Gasteiger partial charge in [0.15, 0.2) is 0 Å². The van der Waals surface area contributed by atoms with Crippen LogP contribution in [0.2, 0.25) is 0 Å². The number of amides is 1. The number of carboxylic acids is 1. The van der Waals surface area contributed by atoms with Gasteiger partial charge < -0.3 is 15.7 Å². The van der Waals surface area contributed by atoms with Gasteiger partial charge in [0.05, 0.1) is 6.04 Å². The molecular weight excluding hydrogens is 228 g/mol. The predicted molar refractivity (Wildman–Crippen MR) is 58.9 cm³/mol. The zero-order valence-electron chi connectivity index (χ0n) is 8.10. The van der Waals surface area contributed by atoms with E-state index in [0.29, 0.717) is 5.75 Å². The van der Waals surface area contributed by atoms with E-state index in [1.165, 1.54) is 18.8 Å². The van der Waals surface area contributed by atoms with Crippen molar-refractivity contribution in [3.63, 3.8) is 0 Å². The van der Waals surface area contributed by atoms with Crippen LogP contribution >= 0.6 is 24.2 Å². The highest BCUT2D eigenvalue weighted by Gasteiger charge is 2.18. The molecule has 0 spiro atoms. The minimum Gasteiger partial charge on any atom is -0.480 e. The first kappa shape index (κ1) is 16.0. The lowest BCUT2D eigenvalue weighted by molar-refractivity contribution is -0.143. The summed E-state index contributed by atoms with van der Waals surface area (Å²) < 4.78 is 0. The quantitative estimate of drug-likeness (QED) is 0.688. The van der Waals surface area contributed by atoms with Crippen LogP contribution in [-0.4, -0.2) is 53.5 Å². The average Bonchev–Trinajstić information content (AvgIpc) is 2.02. The lowest BCUT2D eigenvalue weighted by Gasteiger charge is -2.18. The van der Waals surface area contributed by atoms with Gasteiger partial charge in [-0.3, -0.25) is 9.59 Å². The Bertz CT molecular complexity index is 203. The molecule has 0 fully saturated rings. The summed E-state index contributed by atoms with van der Waals surface area (Å²) in [5, 5.41) is 8.40. The minimum atomic E-state index is -1.03. The van der Waals surface area contributed by atoms with Crippen LogP contribution in [0.1, 0.15) is 0 Å². The van der Waals surface area contributed by atoms with Crippen LogP contribution in [0, 0.1) is 0 Å². The van der Waals surface area contributed by atoms with E-state index < -0.39 is 12.0 Å². The van der Waals surface area contributed by atoms with Crippen LogP contribution in [0.25, 0.3) is 0 Å². The molecule has 0 aromatic carbocycles. The number of halogens is 1.